The number of halogens is 1. The topological polar surface area (TPSA) is 34.9 Å². The molecule has 0 amide bonds. The Balaban J connectivity index is 2.17. The van der Waals surface area contributed by atoms with Crippen LogP contribution in [0.5, 0.6) is 0 Å². The Hall–Kier alpha value is -1.42. The molecule has 3 nitrogen and oxygen atoms in total. The van der Waals surface area contributed by atoms with Crippen molar-refractivity contribution in [3.05, 3.63) is 51.8 Å². The number of rotatable bonds is 3. The quantitative estimate of drug-likeness (QED) is 0.816. The number of carbonyl (C=O) groups excluding carboxylic acids is 1. The second-order valence-electron chi connectivity index (χ2n) is 4.02. The molecule has 0 saturated carbocycles. The third-order valence-corrected chi connectivity index (χ3v) is 3.09. The molecule has 2 rings (SSSR count). The van der Waals surface area contributed by atoms with E-state index in [4.69, 9.17) is 0 Å². The maximum absolute atomic E-state index is 12.1. The van der Waals surface area contributed by atoms with Crippen LogP contribution in [0.4, 0.5) is 0 Å². The summed E-state index contributed by atoms with van der Waals surface area (Å²) < 4.78 is 2.65. The molecular formula is C13H13BrN2O. The van der Waals surface area contributed by atoms with E-state index in [0.29, 0.717) is 12.1 Å². The molecule has 0 radical (unpaired) electrons. The molecule has 2 aromatic rings. The third kappa shape index (κ3) is 2.82. The van der Waals surface area contributed by atoms with Crippen molar-refractivity contribution in [2.24, 2.45) is 7.05 Å². The van der Waals surface area contributed by atoms with Crippen LogP contribution >= 0.6 is 15.9 Å². The number of nitrogens with zero attached hydrogens (tertiary/aromatic N) is 2. The van der Waals surface area contributed by atoms with Crippen LogP contribution in [0, 0.1) is 6.92 Å². The SMILES string of the molecule is Cc1cc(C(=O)Cc2ccc(Br)cc2)n(C)n1. The second kappa shape index (κ2) is 4.84. The Morgan fingerprint density at radius 3 is 2.53 bits per heavy atom. The Labute approximate surface area is 109 Å². The van der Waals surface area contributed by atoms with Crippen molar-refractivity contribution in [1.82, 2.24) is 9.78 Å². The van der Waals surface area contributed by atoms with Gasteiger partial charge in [0.2, 0.25) is 0 Å². The summed E-state index contributed by atoms with van der Waals surface area (Å²) in [5, 5.41) is 4.18. The van der Waals surface area contributed by atoms with Crippen LogP contribution in [0.15, 0.2) is 34.8 Å². The average Bonchev–Trinajstić information content (AvgIpc) is 2.61. The molecule has 4 heteroatoms. The van der Waals surface area contributed by atoms with Crippen LogP contribution < -0.4 is 0 Å². The maximum Gasteiger partial charge on any atom is 0.185 e. The molecule has 17 heavy (non-hydrogen) atoms. The summed E-state index contributed by atoms with van der Waals surface area (Å²) >= 11 is 3.37. The van der Waals surface area contributed by atoms with Gasteiger partial charge in [0.15, 0.2) is 5.78 Å². The minimum absolute atomic E-state index is 0.0930. The maximum atomic E-state index is 12.1. The second-order valence-corrected chi connectivity index (χ2v) is 4.94. The lowest BCUT2D eigenvalue weighted by Gasteiger charge is -2.02. The Bertz CT molecular complexity index is 543. The first-order valence-electron chi connectivity index (χ1n) is 5.34. The van der Waals surface area contributed by atoms with Gasteiger partial charge in [-0.2, -0.15) is 5.10 Å². The predicted octanol–water partition coefficient (Wildman–Crippen LogP) is 2.92. The molecular weight excluding hydrogens is 280 g/mol. The third-order valence-electron chi connectivity index (χ3n) is 2.57. The number of carbonyl (C=O) groups is 1. The van der Waals surface area contributed by atoms with E-state index in [9.17, 15) is 4.79 Å². The zero-order chi connectivity index (χ0) is 12.4. The van der Waals surface area contributed by atoms with Gasteiger partial charge in [0.25, 0.3) is 0 Å². The van der Waals surface area contributed by atoms with Gasteiger partial charge in [-0.1, -0.05) is 28.1 Å². The van der Waals surface area contributed by atoms with E-state index in [0.717, 1.165) is 15.7 Å². The van der Waals surface area contributed by atoms with Gasteiger partial charge in [-0.3, -0.25) is 9.48 Å². The lowest BCUT2D eigenvalue weighted by molar-refractivity contribution is 0.0984. The van der Waals surface area contributed by atoms with Gasteiger partial charge >= 0.3 is 0 Å². The molecule has 0 aliphatic rings. The van der Waals surface area contributed by atoms with Gasteiger partial charge in [-0.05, 0) is 30.7 Å². The summed E-state index contributed by atoms with van der Waals surface area (Å²) in [5.74, 6) is 0.0930. The number of benzene rings is 1. The van der Waals surface area contributed by atoms with Crippen molar-refractivity contribution in [3.8, 4) is 0 Å². The van der Waals surface area contributed by atoms with Gasteiger partial charge in [-0.25, -0.2) is 0 Å². The lowest BCUT2D eigenvalue weighted by Crippen LogP contribution is -2.09. The van der Waals surface area contributed by atoms with Crippen molar-refractivity contribution in [2.45, 2.75) is 13.3 Å². The van der Waals surface area contributed by atoms with Crippen LogP contribution in [-0.4, -0.2) is 15.6 Å². The van der Waals surface area contributed by atoms with E-state index in [-0.39, 0.29) is 5.78 Å². The van der Waals surface area contributed by atoms with E-state index < -0.39 is 0 Å². The van der Waals surface area contributed by atoms with Crippen LogP contribution in [0.2, 0.25) is 0 Å². The van der Waals surface area contributed by atoms with Gasteiger partial charge in [0, 0.05) is 17.9 Å². The highest BCUT2D eigenvalue weighted by molar-refractivity contribution is 9.10. The zero-order valence-electron chi connectivity index (χ0n) is 9.77. The van der Waals surface area contributed by atoms with Crippen molar-refractivity contribution in [2.75, 3.05) is 0 Å². The highest BCUT2D eigenvalue weighted by Crippen LogP contribution is 2.13. The molecule has 88 valence electrons. The normalized spacial score (nSPS) is 10.5. The first kappa shape index (κ1) is 12.0. The highest BCUT2D eigenvalue weighted by atomic mass is 79.9. The zero-order valence-corrected chi connectivity index (χ0v) is 11.4. The minimum atomic E-state index is 0.0930. The molecule has 0 spiro atoms. The highest BCUT2D eigenvalue weighted by Gasteiger charge is 2.12. The number of Topliss-reactive ketones (excluding diaryl/α,β-unsaturated/α-hetero) is 1. The molecule has 0 aliphatic carbocycles. The summed E-state index contributed by atoms with van der Waals surface area (Å²) in [4.78, 5) is 12.1. The molecule has 0 saturated heterocycles. The van der Waals surface area contributed by atoms with Gasteiger partial charge in [0.05, 0.1) is 5.69 Å². The van der Waals surface area contributed by atoms with E-state index in [1.54, 1.807) is 11.7 Å². The number of ketones is 1. The predicted molar refractivity (Wildman–Crippen MR) is 70.1 cm³/mol. The fourth-order valence-corrected chi connectivity index (χ4v) is 2.01. The van der Waals surface area contributed by atoms with Crippen LogP contribution in [-0.2, 0) is 13.5 Å². The van der Waals surface area contributed by atoms with Gasteiger partial charge in [0.1, 0.15) is 5.69 Å². The molecule has 0 aliphatic heterocycles. The number of hydrogen-bond donors (Lipinski definition) is 0. The molecule has 1 aromatic carbocycles. The smallest absolute Gasteiger partial charge is 0.185 e. The summed E-state index contributed by atoms with van der Waals surface area (Å²) in [6.07, 6.45) is 0.409. The fourth-order valence-electron chi connectivity index (χ4n) is 1.75. The van der Waals surface area contributed by atoms with E-state index in [1.165, 1.54) is 0 Å². The largest absolute Gasteiger partial charge is 0.292 e. The van der Waals surface area contributed by atoms with Crippen molar-refractivity contribution < 1.29 is 4.79 Å². The van der Waals surface area contributed by atoms with Crippen LogP contribution in [0.3, 0.4) is 0 Å². The molecule has 0 bridgehead atoms. The number of hydrogen-bond acceptors (Lipinski definition) is 2. The molecule has 0 unspecified atom stereocenters. The number of aromatic nitrogens is 2. The summed E-state index contributed by atoms with van der Waals surface area (Å²) in [6, 6.07) is 9.60. The first-order valence-corrected chi connectivity index (χ1v) is 6.14. The van der Waals surface area contributed by atoms with Crippen LogP contribution in [0.25, 0.3) is 0 Å². The van der Waals surface area contributed by atoms with E-state index in [2.05, 4.69) is 21.0 Å². The Morgan fingerprint density at radius 1 is 1.35 bits per heavy atom. The van der Waals surface area contributed by atoms with E-state index in [1.807, 2.05) is 37.3 Å². The molecule has 0 fully saturated rings. The molecule has 0 atom stereocenters. The molecule has 0 N–H and O–H groups in total. The van der Waals surface area contributed by atoms with E-state index >= 15 is 0 Å². The summed E-state index contributed by atoms with van der Waals surface area (Å²) in [5.41, 5.74) is 2.54. The average molecular weight is 293 g/mol. The Kier molecular flexibility index (Phi) is 3.43. The fraction of sp³-hybridized carbons (Fsp3) is 0.231. The lowest BCUT2D eigenvalue weighted by atomic mass is 10.1. The summed E-state index contributed by atoms with van der Waals surface area (Å²) in [7, 11) is 1.79. The van der Waals surface area contributed by atoms with Crippen molar-refractivity contribution >= 4 is 21.7 Å². The van der Waals surface area contributed by atoms with Crippen molar-refractivity contribution in [1.29, 1.82) is 0 Å². The van der Waals surface area contributed by atoms with Gasteiger partial charge < -0.3 is 0 Å². The monoisotopic (exact) mass is 292 g/mol. The molecule has 1 aromatic heterocycles. The van der Waals surface area contributed by atoms with Crippen LogP contribution in [0.1, 0.15) is 21.7 Å². The standard InChI is InChI=1S/C13H13BrN2O/c1-9-7-12(16(2)15-9)13(17)8-10-3-5-11(14)6-4-10/h3-7H,8H2,1-2H3. The van der Waals surface area contributed by atoms with Gasteiger partial charge in [-0.15, -0.1) is 0 Å². The Morgan fingerprint density at radius 2 is 2.00 bits per heavy atom. The number of aryl methyl sites for hydroxylation is 2. The minimum Gasteiger partial charge on any atom is -0.292 e. The molecule has 1 heterocycles. The van der Waals surface area contributed by atoms with Crippen molar-refractivity contribution in [3.63, 3.8) is 0 Å². The summed E-state index contributed by atoms with van der Waals surface area (Å²) in [6.45, 7) is 1.89. The first-order chi connectivity index (χ1) is 8.06.